The monoisotopic (exact) mass is 353 g/mol. The van der Waals surface area contributed by atoms with E-state index >= 15 is 0 Å². The van der Waals surface area contributed by atoms with Gasteiger partial charge in [0.25, 0.3) is 0 Å². The van der Waals surface area contributed by atoms with Gasteiger partial charge in [-0.1, -0.05) is 30.3 Å². The number of anilines is 2. The van der Waals surface area contributed by atoms with Gasteiger partial charge in [0.05, 0.1) is 19.6 Å². The van der Waals surface area contributed by atoms with Crippen LogP contribution in [-0.4, -0.2) is 43.1 Å². The van der Waals surface area contributed by atoms with Crippen LogP contribution >= 0.6 is 0 Å². The number of nitrogens with zero attached hydrogens (tertiary/aromatic N) is 1. The zero-order valence-electron chi connectivity index (χ0n) is 14.8. The Kier molecular flexibility index (Phi) is 5.86. The van der Waals surface area contributed by atoms with Crippen molar-refractivity contribution in [2.45, 2.75) is 13.3 Å². The lowest BCUT2D eigenvalue weighted by Gasteiger charge is -2.26. The highest BCUT2D eigenvalue weighted by Crippen LogP contribution is 2.15. The Morgan fingerprint density at radius 2 is 1.69 bits per heavy atom. The lowest BCUT2D eigenvalue weighted by Crippen LogP contribution is -2.41. The molecule has 0 aromatic heterocycles. The maximum Gasteiger partial charge on any atom is 0.323 e. The van der Waals surface area contributed by atoms with Crippen LogP contribution in [-0.2, 0) is 16.0 Å². The zero-order chi connectivity index (χ0) is 18.4. The maximum atomic E-state index is 12.3. The van der Waals surface area contributed by atoms with Gasteiger partial charge in [-0.15, -0.1) is 0 Å². The summed E-state index contributed by atoms with van der Waals surface area (Å²) < 4.78 is 5.26. The van der Waals surface area contributed by atoms with E-state index in [1.807, 2.05) is 48.2 Å². The number of hydrogen-bond acceptors (Lipinski definition) is 3. The van der Waals surface area contributed by atoms with Gasteiger partial charge in [-0.3, -0.25) is 4.79 Å². The van der Waals surface area contributed by atoms with E-state index < -0.39 is 0 Å². The van der Waals surface area contributed by atoms with E-state index in [9.17, 15) is 9.59 Å². The summed E-state index contributed by atoms with van der Waals surface area (Å²) in [6.45, 7) is 4.44. The molecule has 2 aromatic rings. The Labute approximate surface area is 153 Å². The van der Waals surface area contributed by atoms with Crippen LogP contribution in [0.2, 0.25) is 0 Å². The summed E-state index contributed by atoms with van der Waals surface area (Å²) >= 11 is 0. The molecule has 1 saturated heterocycles. The number of ether oxygens (including phenoxy) is 1. The highest BCUT2D eigenvalue weighted by molar-refractivity contribution is 6.00. The van der Waals surface area contributed by atoms with Gasteiger partial charge < -0.3 is 20.3 Å². The number of amides is 3. The molecular formula is C20H23N3O3. The minimum Gasteiger partial charge on any atom is -0.378 e. The van der Waals surface area contributed by atoms with Crippen molar-refractivity contribution in [3.8, 4) is 0 Å². The fourth-order valence-corrected chi connectivity index (χ4v) is 2.80. The average molecular weight is 353 g/mol. The zero-order valence-corrected chi connectivity index (χ0v) is 14.8. The van der Waals surface area contributed by atoms with Crippen molar-refractivity contribution in [2.75, 3.05) is 36.9 Å². The minimum absolute atomic E-state index is 0.103. The molecule has 0 unspecified atom stereocenters. The summed E-state index contributed by atoms with van der Waals surface area (Å²) in [4.78, 5) is 26.2. The third-order valence-electron chi connectivity index (χ3n) is 4.32. The molecule has 3 rings (SSSR count). The molecule has 2 aromatic carbocycles. The van der Waals surface area contributed by atoms with Crippen molar-refractivity contribution in [3.05, 3.63) is 59.7 Å². The van der Waals surface area contributed by atoms with E-state index in [1.165, 1.54) is 0 Å². The minimum atomic E-state index is -0.295. The van der Waals surface area contributed by atoms with E-state index in [2.05, 4.69) is 10.6 Å². The number of urea groups is 1. The molecule has 3 amide bonds. The number of rotatable bonds is 4. The molecule has 1 aliphatic heterocycles. The van der Waals surface area contributed by atoms with Gasteiger partial charge in [0.15, 0.2) is 0 Å². The largest absolute Gasteiger partial charge is 0.378 e. The van der Waals surface area contributed by atoms with Crippen LogP contribution in [0.5, 0.6) is 0 Å². The molecule has 1 heterocycles. The molecule has 0 spiro atoms. The highest BCUT2D eigenvalue weighted by Gasteiger charge is 2.16. The number of benzene rings is 2. The van der Waals surface area contributed by atoms with Crippen LogP contribution in [0.1, 0.15) is 11.1 Å². The highest BCUT2D eigenvalue weighted by atomic mass is 16.5. The van der Waals surface area contributed by atoms with Gasteiger partial charge in [0, 0.05) is 24.5 Å². The third-order valence-corrected chi connectivity index (χ3v) is 4.32. The summed E-state index contributed by atoms with van der Waals surface area (Å²) in [7, 11) is 0. The Hall–Kier alpha value is -2.86. The van der Waals surface area contributed by atoms with Gasteiger partial charge in [-0.2, -0.15) is 0 Å². The first-order valence-corrected chi connectivity index (χ1v) is 8.70. The number of nitrogens with one attached hydrogen (secondary N) is 2. The number of carbonyl (C=O) groups excluding carboxylic acids is 2. The molecule has 26 heavy (non-hydrogen) atoms. The molecule has 0 aliphatic carbocycles. The normalized spacial score (nSPS) is 14.0. The molecule has 0 radical (unpaired) electrons. The van der Waals surface area contributed by atoms with Crippen LogP contribution in [0.15, 0.2) is 48.5 Å². The Morgan fingerprint density at radius 3 is 2.38 bits per heavy atom. The van der Waals surface area contributed by atoms with Crippen molar-refractivity contribution in [1.82, 2.24) is 4.90 Å². The predicted octanol–water partition coefficient (Wildman–Crippen LogP) is 3.04. The molecular weight excluding hydrogens is 330 g/mol. The number of morpholine rings is 1. The average Bonchev–Trinajstić information content (AvgIpc) is 2.66. The van der Waals surface area contributed by atoms with E-state index in [-0.39, 0.29) is 11.9 Å². The van der Waals surface area contributed by atoms with Gasteiger partial charge in [-0.25, -0.2) is 4.79 Å². The molecule has 0 bridgehead atoms. The summed E-state index contributed by atoms with van der Waals surface area (Å²) in [5.74, 6) is 0.103. The smallest absolute Gasteiger partial charge is 0.323 e. The number of hydrogen-bond donors (Lipinski definition) is 2. The third kappa shape index (κ3) is 4.83. The van der Waals surface area contributed by atoms with Crippen molar-refractivity contribution < 1.29 is 14.3 Å². The number of carbonyl (C=O) groups is 2. The van der Waals surface area contributed by atoms with Crippen LogP contribution < -0.4 is 10.6 Å². The van der Waals surface area contributed by atoms with E-state index in [0.717, 1.165) is 16.8 Å². The molecule has 2 N–H and O–H groups in total. The number of para-hydroxylation sites is 1. The summed E-state index contributed by atoms with van der Waals surface area (Å²) in [6, 6.07) is 14.6. The van der Waals surface area contributed by atoms with E-state index in [1.54, 1.807) is 12.1 Å². The molecule has 1 fully saturated rings. The maximum absolute atomic E-state index is 12.3. The van der Waals surface area contributed by atoms with Crippen LogP contribution in [0.4, 0.5) is 16.2 Å². The fourth-order valence-electron chi connectivity index (χ4n) is 2.80. The SMILES string of the molecule is Cc1ccccc1NC(=O)Nc1ccc(CC(=O)N2CCOCC2)cc1. The molecule has 6 heteroatoms. The van der Waals surface area contributed by atoms with Crippen LogP contribution in [0.25, 0.3) is 0 Å². The molecule has 0 atom stereocenters. The number of aryl methyl sites for hydroxylation is 1. The molecule has 136 valence electrons. The van der Waals surface area contributed by atoms with Crippen molar-refractivity contribution in [2.24, 2.45) is 0 Å². The van der Waals surface area contributed by atoms with Gasteiger partial charge in [-0.05, 0) is 36.2 Å². The summed E-state index contributed by atoms with van der Waals surface area (Å²) in [5.41, 5.74) is 3.38. The molecule has 0 saturated carbocycles. The summed E-state index contributed by atoms with van der Waals surface area (Å²) in [6.07, 6.45) is 0.357. The lowest BCUT2D eigenvalue weighted by molar-refractivity contribution is -0.134. The first kappa shape index (κ1) is 17.9. The first-order chi connectivity index (χ1) is 12.6. The standard InChI is InChI=1S/C20H23N3O3/c1-15-4-2-3-5-18(15)22-20(25)21-17-8-6-16(7-9-17)14-19(24)23-10-12-26-13-11-23/h2-9H,10-14H2,1H3,(H2,21,22,25). The van der Waals surface area contributed by atoms with E-state index in [4.69, 9.17) is 4.74 Å². The van der Waals surface area contributed by atoms with Gasteiger partial charge >= 0.3 is 6.03 Å². The van der Waals surface area contributed by atoms with Gasteiger partial charge in [0.1, 0.15) is 0 Å². The van der Waals surface area contributed by atoms with Crippen molar-refractivity contribution in [1.29, 1.82) is 0 Å². The Bertz CT molecular complexity index is 768. The first-order valence-electron chi connectivity index (χ1n) is 8.70. The topological polar surface area (TPSA) is 70.7 Å². The quantitative estimate of drug-likeness (QED) is 0.887. The van der Waals surface area contributed by atoms with E-state index in [0.29, 0.717) is 38.4 Å². The lowest BCUT2D eigenvalue weighted by atomic mass is 10.1. The second-order valence-electron chi connectivity index (χ2n) is 6.26. The molecule has 6 nitrogen and oxygen atoms in total. The van der Waals surface area contributed by atoms with Gasteiger partial charge in [0.2, 0.25) is 5.91 Å². The molecule has 1 aliphatic rings. The predicted molar refractivity (Wildman–Crippen MR) is 101 cm³/mol. The van der Waals surface area contributed by atoms with Crippen LogP contribution in [0.3, 0.4) is 0 Å². The van der Waals surface area contributed by atoms with Crippen LogP contribution in [0, 0.1) is 6.92 Å². The van der Waals surface area contributed by atoms with Crippen molar-refractivity contribution in [3.63, 3.8) is 0 Å². The Balaban J connectivity index is 1.53. The summed E-state index contributed by atoms with van der Waals surface area (Å²) in [5, 5.41) is 5.63. The van der Waals surface area contributed by atoms with Crippen molar-refractivity contribution >= 4 is 23.3 Å². The Morgan fingerprint density at radius 1 is 1.00 bits per heavy atom. The second kappa shape index (κ2) is 8.49. The fraction of sp³-hybridized carbons (Fsp3) is 0.300. The second-order valence-corrected chi connectivity index (χ2v) is 6.26.